The van der Waals surface area contributed by atoms with Crippen LogP contribution in [0.25, 0.3) is 10.1 Å². The van der Waals surface area contributed by atoms with Gasteiger partial charge >= 0.3 is 6.09 Å². The lowest BCUT2D eigenvalue weighted by Gasteiger charge is -2.32. The molecule has 0 atom stereocenters. The van der Waals surface area contributed by atoms with Crippen molar-refractivity contribution in [1.82, 2.24) is 24.1 Å². The SMILES string of the molecule is O=C(CN1CCN(S(=O)(=O)c2cc3ccc(Cl)cc3s2)CC1=O)NCCc1cncn1C(=O)O. The number of carbonyl (C=O) groups is 3. The number of carbonyl (C=O) groups excluding carboxylic acids is 2. The van der Waals surface area contributed by atoms with Gasteiger partial charge in [0.2, 0.25) is 11.8 Å². The Morgan fingerprint density at radius 1 is 1.24 bits per heavy atom. The van der Waals surface area contributed by atoms with Crippen molar-refractivity contribution in [2.45, 2.75) is 10.6 Å². The first-order valence-corrected chi connectivity index (χ1v) is 12.8. The Labute approximate surface area is 203 Å². The van der Waals surface area contributed by atoms with Gasteiger partial charge in [0, 0.05) is 42.0 Å². The molecule has 180 valence electrons. The van der Waals surface area contributed by atoms with E-state index in [-0.39, 0.29) is 43.4 Å². The molecule has 0 unspecified atom stereocenters. The number of piperazine rings is 1. The minimum atomic E-state index is -3.87. The largest absolute Gasteiger partial charge is 0.464 e. The number of halogens is 1. The third kappa shape index (κ3) is 5.06. The van der Waals surface area contributed by atoms with E-state index in [0.717, 1.165) is 30.3 Å². The summed E-state index contributed by atoms with van der Waals surface area (Å²) >= 11 is 7.07. The highest BCUT2D eigenvalue weighted by atomic mass is 35.5. The van der Waals surface area contributed by atoms with Crippen LogP contribution in [0.15, 0.2) is 41.0 Å². The van der Waals surface area contributed by atoms with Crippen molar-refractivity contribution in [2.75, 3.05) is 32.7 Å². The average molecular weight is 526 g/mol. The number of carboxylic acid groups (broad SMARTS) is 1. The number of rotatable bonds is 7. The van der Waals surface area contributed by atoms with Gasteiger partial charge < -0.3 is 15.3 Å². The Morgan fingerprint density at radius 2 is 2.03 bits per heavy atom. The van der Waals surface area contributed by atoms with Gasteiger partial charge in [-0.3, -0.25) is 9.59 Å². The van der Waals surface area contributed by atoms with Gasteiger partial charge in [0.25, 0.3) is 10.0 Å². The summed E-state index contributed by atoms with van der Waals surface area (Å²) in [6.45, 7) is -0.271. The second-order valence-corrected chi connectivity index (χ2v) is 11.2. The summed E-state index contributed by atoms with van der Waals surface area (Å²) in [5, 5.41) is 12.9. The number of hydrogen-bond donors (Lipinski definition) is 2. The molecule has 0 saturated carbocycles. The van der Waals surface area contributed by atoms with E-state index in [1.807, 2.05) is 0 Å². The van der Waals surface area contributed by atoms with Gasteiger partial charge in [0.15, 0.2) is 0 Å². The first kappa shape index (κ1) is 24.1. The van der Waals surface area contributed by atoms with Crippen molar-refractivity contribution in [3.63, 3.8) is 0 Å². The van der Waals surface area contributed by atoms with Crippen LogP contribution in [0, 0.1) is 0 Å². The molecule has 1 aliphatic heterocycles. The number of imidazole rings is 1. The summed E-state index contributed by atoms with van der Waals surface area (Å²) < 4.78 is 29.0. The van der Waals surface area contributed by atoms with Crippen LogP contribution in [-0.2, 0) is 26.0 Å². The molecule has 0 aliphatic carbocycles. The summed E-state index contributed by atoms with van der Waals surface area (Å²) in [6, 6.07) is 6.68. The first-order chi connectivity index (χ1) is 16.1. The highest BCUT2D eigenvalue weighted by Crippen LogP contribution is 2.33. The Kier molecular flexibility index (Phi) is 6.89. The fourth-order valence-electron chi connectivity index (χ4n) is 3.53. The summed E-state index contributed by atoms with van der Waals surface area (Å²) in [7, 11) is -3.87. The third-order valence-corrected chi connectivity index (χ3v) is 8.92. The Hall–Kier alpha value is -3.00. The third-order valence-electron chi connectivity index (χ3n) is 5.30. The molecule has 0 bridgehead atoms. The molecule has 2 N–H and O–H groups in total. The molecule has 0 radical (unpaired) electrons. The van der Waals surface area contributed by atoms with E-state index in [1.54, 1.807) is 24.3 Å². The van der Waals surface area contributed by atoms with Gasteiger partial charge in [-0.1, -0.05) is 17.7 Å². The predicted molar refractivity (Wildman–Crippen MR) is 125 cm³/mol. The first-order valence-electron chi connectivity index (χ1n) is 10.1. The van der Waals surface area contributed by atoms with E-state index >= 15 is 0 Å². The maximum absolute atomic E-state index is 13.0. The van der Waals surface area contributed by atoms with Crippen molar-refractivity contribution in [1.29, 1.82) is 0 Å². The van der Waals surface area contributed by atoms with Crippen LogP contribution in [-0.4, -0.2) is 82.9 Å². The molecule has 14 heteroatoms. The maximum atomic E-state index is 13.0. The van der Waals surface area contributed by atoms with Crippen molar-refractivity contribution in [3.8, 4) is 0 Å². The Morgan fingerprint density at radius 3 is 2.76 bits per heavy atom. The zero-order valence-corrected chi connectivity index (χ0v) is 20.1. The van der Waals surface area contributed by atoms with Crippen molar-refractivity contribution < 1.29 is 27.9 Å². The van der Waals surface area contributed by atoms with Crippen LogP contribution in [0.4, 0.5) is 4.79 Å². The lowest BCUT2D eigenvalue weighted by molar-refractivity contribution is -0.138. The van der Waals surface area contributed by atoms with Crippen LogP contribution in [0.1, 0.15) is 5.69 Å². The molecule has 1 saturated heterocycles. The highest BCUT2D eigenvalue weighted by Gasteiger charge is 2.34. The standard InChI is InChI=1S/C20H20ClN5O6S2/c21-14-2-1-13-7-19(33-16(13)8-14)34(31,32)25-6-5-24(18(28)11-25)10-17(27)23-4-3-15-9-22-12-26(15)20(29)30/h1-2,7-9,12H,3-6,10-11H2,(H,23,27)(H,29,30). The summed E-state index contributed by atoms with van der Waals surface area (Å²) in [4.78, 5) is 40.9. The number of amides is 2. The van der Waals surface area contributed by atoms with Gasteiger partial charge in [-0.05, 0) is 23.6 Å². The van der Waals surface area contributed by atoms with Crippen molar-refractivity contribution >= 4 is 61.0 Å². The number of aromatic nitrogens is 2. The molecule has 2 amide bonds. The second-order valence-electron chi connectivity index (χ2n) is 7.54. The van der Waals surface area contributed by atoms with Crippen LogP contribution >= 0.6 is 22.9 Å². The van der Waals surface area contributed by atoms with Crippen LogP contribution in [0.5, 0.6) is 0 Å². The zero-order valence-electron chi connectivity index (χ0n) is 17.7. The normalized spacial score (nSPS) is 15.1. The lowest BCUT2D eigenvalue weighted by atomic mass is 10.3. The van der Waals surface area contributed by atoms with Crippen molar-refractivity contribution in [2.24, 2.45) is 0 Å². The molecule has 1 fully saturated rings. The van der Waals surface area contributed by atoms with Crippen LogP contribution in [0.2, 0.25) is 5.02 Å². The molecular weight excluding hydrogens is 506 g/mol. The molecule has 34 heavy (non-hydrogen) atoms. The lowest BCUT2D eigenvalue weighted by Crippen LogP contribution is -2.54. The fraction of sp³-hybridized carbons (Fsp3) is 0.300. The number of benzene rings is 1. The van der Waals surface area contributed by atoms with E-state index < -0.39 is 27.9 Å². The quantitative estimate of drug-likeness (QED) is 0.475. The maximum Gasteiger partial charge on any atom is 0.417 e. The zero-order chi connectivity index (χ0) is 24.5. The molecular formula is C20H20ClN5O6S2. The molecule has 11 nitrogen and oxygen atoms in total. The highest BCUT2D eigenvalue weighted by molar-refractivity contribution is 7.91. The number of nitrogens with one attached hydrogen (secondary N) is 1. The van der Waals surface area contributed by atoms with Crippen LogP contribution < -0.4 is 5.32 Å². The van der Waals surface area contributed by atoms with Crippen LogP contribution in [0.3, 0.4) is 0 Å². The Balaban J connectivity index is 1.31. The van der Waals surface area contributed by atoms with Gasteiger partial charge in [0.05, 0.1) is 18.8 Å². The topological polar surface area (TPSA) is 142 Å². The molecule has 2 aromatic heterocycles. The van der Waals surface area contributed by atoms with E-state index in [4.69, 9.17) is 16.7 Å². The van der Waals surface area contributed by atoms with Gasteiger partial charge in [-0.15, -0.1) is 11.3 Å². The van der Waals surface area contributed by atoms with Crippen molar-refractivity contribution in [3.05, 3.63) is 47.5 Å². The molecule has 3 aromatic rings. The fourth-order valence-corrected chi connectivity index (χ4v) is 6.74. The number of fused-ring (bicyclic) bond motifs is 1. The molecule has 4 rings (SSSR count). The van der Waals surface area contributed by atoms with Gasteiger partial charge in [0.1, 0.15) is 10.5 Å². The minimum absolute atomic E-state index is 0.0636. The second kappa shape index (κ2) is 9.70. The smallest absolute Gasteiger partial charge is 0.417 e. The summed E-state index contributed by atoms with van der Waals surface area (Å²) in [5.41, 5.74) is 0.422. The monoisotopic (exact) mass is 525 g/mol. The predicted octanol–water partition coefficient (Wildman–Crippen LogP) is 1.47. The minimum Gasteiger partial charge on any atom is -0.464 e. The van der Waals surface area contributed by atoms with E-state index in [1.165, 1.54) is 17.4 Å². The summed E-state index contributed by atoms with van der Waals surface area (Å²) in [5.74, 6) is -0.898. The molecule has 1 aromatic carbocycles. The number of sulfonamides is 1. The van der Waals surface area contributed by atoms with E-state index in [9.17, 15) is 22.8 Å². The summed E-state index contributed by atoms with van der Waals surface area (Å²) in [6.07, 6.45) is 1.64. The number of thiophene rings is 1. The molecule has 0 spiro atoms. The van der Waals surface area contributed by atoms with E-state index in [0.29, 0.717) is 10.7 Å². The molecule has 3 heterocycles. The molecule has 1 aliphatic rings. The Bertz CT molecular complexity index is 1370. The average Bonchev–Trinajstić information content (AvgIpc) is 3.42. The number of hydrogen-bond acceptors (Lipinski definition) is 7. The van der Waals surface area contributed by atoms with Gasteiger partial charge in [-0.25, -0.2) is 22.8 Å². The van der Waals surface area contributed by atoms with Gasteiger partial charge in [-0.2, -0.15) is 4.31 Å². The van der Waals surface area contributed by atoms with E-state index in [2.05, 4.69) is 10.3 Å². The number of nitrogens with zero attached hydrogens (tertiary/aromatic N) is 4.